The molecule has 9 heteroatoms. The topological polar surface area (TPSA) is 146 Å². The molecule has 22 heavy (non-hydrogen) atoms. The number of nitrogens with zero attached hydrogens (tertiary/aromatic N) is 1. The number of rotatable bonds is 9. The molecule has 0 aliphatic heterocycles. The molecule has 0 aromatic rings. The lowest BCUT2D eigenvalue weighted by Gasteiger charge is -2.10. The summed E-state index contributed by atoms with van der Waals surface area (Å²) in [5, 5.41) is 34.1. The molecule has 0 bridgehead atoms. The van der Waals surface area contributed by atoms with Crippen LogP contribution in [0.5, 0.6) is 0 Å². The molecule has 0 radical (unpaired) electrons. The number of aliphatic imine (C=N–C) groups is 1. The largest absolute Gasteiger partial charge is 0.466 e. The molecule has 0 aliphatic rings. The van der Waals surface area contributed by atoms with Crippen molar-refractivity contribution in [2.45, 2.75) is 25.6 Å². The maximum Gasteiger partial charge on any atom is 0.335 e. The Balaban J connectivity index is 0. The van der Waals surface area contributed by atoms with Gasteiger partial charge in [0.1, 0.15) is 12.2 Å². The van der Waals surface area contributed by atoms with E-state index >= 15 is 0 Å². The number of hydrogen-bond donors (Lipinski definition) is 4. The number of esters is 1. The van der Waals surface area contributed by atoms with Gasteiger partial charge in [0.25, 0.3) is 0 Å². The number of isocyanates is 1. The highest BCUT2D eigenvalue weighted by Crippen LogP contribution is 2.01. The molecule has 128 valence electrons. The molecule has 0 aromatic carbocycles. The van der Waals surface area contributed by atoms with Crippen LogP contribution in [0, 0.1) is 0 Å². The first-order chi connectivity index (χ1) is 10.5. The van der Waals surface area contributed by atoms with Crippen LogP contribution in [-0.4, -0.2) is 78.2 Å². The summed E-state index contributed by atoms with van der Waals surface area (Å²) in [5.41, 5.74) is 0.357. The summed E-state index contributed by atoms with van der Waals surface area (Å²) in [6.45, 7) is 0.967. The Morgan fingerprint density at radius 3 is 2.05 bits per heavy atom. The average Bonchev–Trinajstić information content (AvgIpc) is 2.55. The Morgan fingerprint density at radius 1 is 1.23 bits per heavy atom. The number of carbonyl (C=O) groups excluding carboxylic acids is 2. The van der Waals surface area contributed by atoms with Gasteiger partial charge in [-0.05, 0) is 6.42 Å². The molecular weight excluding hydrogens is 298 g/mol. The van der Waals surface area contributed by atoms with E-state index in [-0.39, 0.29) is 26.4 Å². The van der Waals surface area contributed by atoms with Crippen LogP contribution in [0.1, 0.15) is 13.3 Å². The first-order valence-electron chi connectivity index (χ1n) is 6.46. The second-order valence-corrected chi connectivity index (χ2v) is 3.93. The molecule has 0 saturated heterocycles. The van der Waals surface area contributed by atoms with E-state index in [1.54, 1.807) is 6.92 Å². The Bertz CT molecular complexity index is 355. The molecule has 2 unspecified atom stereocenters. The zero-order valence-corrected chi connectivity index (χ0v) is 12.6. The zero-order chi connectivity index (χ0) is 17.4. The maximum atomic E-state index is 10.8. The molecule has 0 aliphatic carbocycles. The van der Waals surface area contributed by atoms with Crippen molar-refractivity contribution in [1.29, 1.82) is 0 Å². The SMILES string of the molecule is CCC(=CN=C=O)C(=O)OC.OCC(O)COCC(O)CO. The summed E-state index contributed by atoms with van der Waals surface area (Å²) in [7, 11) is 1.27. The van der Waals surface area contributed by atoms with Gasteiger partial charge < -0.3 is 29.9 Å². The van der Waals surface area contributed by atoms with E-state index in [1.165, 1.54) is 13.2 Å². The molecule has 0 saturated carbocycles. The van der Waals surface area contributed by atoms with Crippen molar-refractivity contribution in [2.24, 2.45) is 4.99 Å². The lowest BCUT2D eigenvalue weighted by Crippen LogP contribution is -2.25. The fourth-order valence-electron chi connectivity index (χ4n) is 0.969. The van der Waals surface area contributed by atoms with E-state index in [0.717, 1.165) is 6.20 Å². The lowest BCUT2D eigenvalue weighted by molar-refractivity contribution is -0.136. The van der Waals surface area contributed by atoms with Gasteiger partial charge in [-0.25, -0.2) is 9.59 Å². The van der Waals surface area contributed by atoms with Crippen molar-refractivity contribution in [3.05, 3.63) is 11.8 Å². The van der Waals surface area contributed by atoms with Gasteiger partial charge in [0.2, 0.25) is 6.08 Å². The lowest BCUT2D eigenvalue weighted by atomic mass is 10.2. The Labute approximate surface area is 128 Å². The predicted octanol–water partition coefficient (Wildman–Crippen LogP) is -1.50. The summed E-state index contributed by atoms with van der Waals surface area (Å²) in [6.07, 6.45) is 1.11. The molecular formula is C13H23NO8. The van der Waals surface area contributed by atoms with Crippen LogP contribution in [0.25, 0.3) is 0 Å². The zero-order valence-electron chi connectivity index (χ0n) is 12.6. The van der Waals surface area contributed by atoms with Gasteiger partial charge in [-0.3, -0.25) is 0 Å². The molecule has 4 N–H and O–H groups in total. The van der Waals surface area contributed by atoms with Crippen LogP contribution >= 0.6 is 0 Å². The fourth-order valence-corrected chi connectivity index (χ4v) is 0.969. The number of aliphatic hydroxyl groups is 4. The fraction of sp³-hybridized carbons (Fsp3) is 0.692. The van der Waals surface area contributed by atoms with Crippen molar-refractivity contribution < 1.29 is 39.5 Å². The summed E-state index contributed by atoms with van der Waals surface area (Å²) in [5.74, 6) is -0.466. The normalized spacial score (nSPS) is 13.3. The molecule has 0 amide bonds. The molecule has 0 rings (SSSR count). The first-order valence-corrected chi connectivity index (χ1v) is 6.46. The third-order valence-electron chi connectivity index (χ3n) is 2.14. The Morgan fingerprint density at radius 2 is 1.73 bits per heavy atom. The van der Waals surface area contributed by atoms with Gasteiger partial charge in [0.15, 0.2) is 0 Å². The van der Waals surface area contributed by atoms with Gasteiger partial charge in [-0.15, -0.1) is 0 Å². The van der Waals surface area contributed by atoms with Gasteiger partial charge >= 0.3 is 5.97 Å². The minimum absolute atomic E-state index is 0.0342. The van der Waals surface area contributed by atoms with Crippen LogP contribution in [-0.2, 0) is 19.1 Å². The monoisotopic (exact) mass is 321 g/mol. The molecule has 2 atom stereocenters. The van der Waals surface area contributed by atoms with Crippen molar-refractivity contribution >= 4 is 12.0 Å². The van der Waals surface area contributed by atoms with Gasteiger partial charge in [0.05, 0.1) is 45.3 Å². The van der Waals surface area contributed by atoms with Crippen molar-refractivity contribution in [3.8, 4) is 0 Å². The number of carbonyl (C=O) groups is 1. The molecule has 0 spiro atoms. The van der Waals surface area contributed by atoms with E-state index in [0.29, 0.717) is 12.0 Å². The van der Waals surface area contributed by atoms with E-state index in [2.05, 4.69) is 9.73 Å². The van der Waals surface area contributed by atoms with Crippen LogP contribution < -0.4 is 0 Å². The summed E-state index contributed by atoms with van der Waals surface area (Å²) in [6, 6.07) is 0. The minimum Gasteiger partial charge on any atom is -0.466 e. The van der Waals surface area contributed by atoms with Crippen LogP contribution in [0.4, 0.5) is 0 Å². The predicted molar refractivity (Wildman–Crippen MR) is 75.5 cm³/mol. The highest BCUT2D eigenvalue weighted by atomic mass is 16.5. The van der Waals surface area contributed by atoms with Crippen LogP contribution in [0.15, 0.2) is 16.8 Å². The number of aliphatic hydroxyl groups excluding tert-OH is 4. The molecule has 0 heterocycles. The van der Waals surface area contributed by atoms with Crippen molar-refractivity contribution in [2.75, 3.05) is 33.5 Å². The average molecular weight is 321 g/mol. The number of hydrogen-bond acceptors (Lipinski definition) is 9. The van der Waals surface area contributed by atoms with Gasteiger partial charge in [-0.2, -0.15) is 4.99 Å². The van der Waals surface area contributed by atoms with E-state index in [9.17, 15) is 9.59 Å². The van der Waals surface area contributed by atoms with Crippen molar-refractivity contribution in [1.82, 2.24) is 0 Å². The second kappa shape index (κ2) is 15.8. The summed E-state index contributed by atoms with van der Waals surface area (Å²) < 4.78 is 9.12. The Hall–Kier alpha value is -1.61. The minimum atomic E-state index is -0.916. The highest BCUT2D eigenvalue weighted by Gasteiger charge is 2.05. The number of methoxy groups -OCH3 is 1. The van der Waals surface area contributed by atoms with Gasteiger partial charge in [-0.1, -0.05) is 6.92 Å². The van der Waals surface area contributed by atoms with E-state index in [4.69, 9.17) is 25.2 Å². The second-order valence-electron chi connectivity index (χ2n) is 3.93. The highest BCUT2D eigenvalue weighted by molar-refractivity contribution is 5.88. The van der Waals surface area contributed by atoms with Crippen LogP contribution in [0.2, 0.25) is 0 Å². The first kappa shape index (κ1) is 22.7. The smallest absolute Gasteiger partial charge is 0.335 e. The van der Waals surface area contributed by atoms with E-state index < -0.39 is 18.2 Å². The van der Waals surface area contributed by atoms with Crippen molar-refractivity contribution in [3.63, 3.8) is 0 Å². The van der Waals surface area contributed by atoms with E-state index in [1.807, 2.05) is 0 Å². The Kier molecular flexibility index (Phi) is 16.3. The molecule has 0 fully saturated rings. The third kappa shape index (κ3) is 13.4. The quantitative estimate of drug-likeness (QED) is 0.174. The third-order valence-corrected chi connectivity index (χ3v) is 2.14. The molecule has 0 aromatic heterocycles. The van der Waals surface area contributed by atoms with Crippen LogP contribution in [0.3, 0.4) is 0 Å². The van der Waals surface area contributed by atoms with Gasteiger partial charge in [0, 0.05) is 0 Å². The summed E-state index contributed by atoms with van der Waals surface area (Å²) >= 11 is 0. The molecule has 9 nitrogen and oxygen atoms in total. The standard InChI is InChI=1S/C7H9NO3.C6H14O5/c1-3-6(4-8-5-9)7(10)11-2;7-1-5(9)3-11-4-6(10)2-8/h4H,3H2,1-2H3;5-10H,1-4H2. The number of ether oxygens (including phenoxy) is 2. The maximum absolute atomic E-state index is 10.8. The summed E-state index contributed by atoms with van der Waals surface area (Å²) in [4.78, 5) is 23.6.